The summed E-state index contributed by atoms with van der Waals surface area (Å²) in [5, 5.41) is 14.1. The maximum atomic E-state index is 9.38. The molecule has 1 aliphatic carbocycles. The van der Waals surface area contributed by atoms with Crippen LogP contribution >= 0.6 is 11.3 Å². The van der Waals surface area contributed by atoms with Gasteiger partial charge in [0.15, 0.2) is 0 Å². The molecule has 2 aliphatic rings. The SMILES string of the molecule is CC(NCC1(CO)COC1)c1nc2c(s1)CCC2. The molecule has 0 aromatic carbocycles. The number of rotatable bonds is 5. The second-order valence-corrected chi connectivity index (χ2v) is 6.64. The van der Waals surface area contributed by atoms with E-state index in [0.29, 0.717) is 13.2 Å². The molecule has 2 heterocycles. The number of aromatic nitrogens is 1. The number of hydrogen-bond acceptors (Lipinski definition) is 5. The highest BCUT2D eigenvalue weighted by Crippen LogP contribution is 2.31. The predicted octanol–water partition coefficient (Wildman–Crippen LogP) is 1.29. The molecule has 0 saturated carbocycles. The van der Waals surface area contributed by atoms with Crippen LogP contribution in [0.15, 0.2) is 0 Å². The van der Waals surface area contributed by atoms with Gasteiger partial charge in [-0.3, -0.25) is 0 Å². The molecule has 1 aromatic rings. The van der Waals surface area contributed by atoms with E-state index in [1.165, 1.54) is 28.4 Å². The molecule has 1 atom stereocenters. The van der Waals surface area contributed by atoms with E-state index in [2.05, 4.69) is 12.2 Å². The molecule has 1 unspecified atom stereocenters. The Hall–Kier alpha value is -0.490. The van der Waals surface area contributed by atoms with Crippen molar-refractivity contribution < 1.29 is 9.84 Å². The Balaban J connectivity index is 1.59. The van der Waals surface area contributed by atoms with Crippen molar-refractivity contribution in [2.24, 2.45) is 5.41 Å². The van der Waals surface area contributed by atoms with Gasteiger partial charge in [0.25, 0.3) is 0 Å². The van der Waals surface area contributed by atoms with Gasteiger partial charge in [-0.2, -0.15) is 0 Å². The zero-order chi connectivity index (χ0) is 12.6. The van der Waals surface area contributed by atoms with Crippen molar-refractivity contribution in [3.63, 3.8) is 0 Å². The third kappa shape index (κ3) is 2.20. The van der Waals surface area contributed by atoms with Crippen LogP contribution in [-0.4, -0.2) is 36.5 Å². The highest BCUT2D eigenvalue weighted by Gasteiger charge is 2.38. The molecule has 1 aromatic heterocycles. The molecule has 2 N–H and O–H groups in total. The summed E-state index contributed by atoms with van der Waals surface area (Å²) in [5.74, 6) is 0. The number of aliphatic hydroxyl groups excluding tert-OH is 1. The monoisotopic (exact) mass is 268 g/mol. The third-order valence-corrected chi connectivity index (χ3v) is 5.26. The van der Waals surface area contributed by atoms with Gasteiger partial charge in [0.05, 0.1) is 37.0 Å². The quantitative estimate of drug-likeness (QED) is 0.845. The summed E-state index contributed by atoms with van der Waals surface area (Å²) in [6.07, 6.45) is 3.61. The minimum atomic E-state index is -0.0613. The van der Waals surface area contributed by atoms with Crippen molar-refractivity contribution in [1.29, 1.82) is 0 Å². The molecule has 3 rings (SSSR count). The normalized spacial score (nSPS) is 22.6. The van der Waals surface area contributed by atoms with Crippen LogP contribution < -0.4 is 5.32 Å². The average Bonchev–Trinajstić information content (AvgIpc) is 2.87. The summed E-state index contributed by atoms with van der Waals surface area (Å²) in [6.45, 7) is 4.48. The number of aryl methyl sites for hydroxylation is 2. The zero-order valence-electron chi connectivity index (χ0n) is 10.7. The summed E-state index contributed by atoms with van der Waals surface area (Å²) < 4.78 is 5.20. The second-order valence-electron chi connectivity index (χ2n) is 5.53. The van der Waals surface area contributed by atoms with Crippen LogP contribution in [0.25, 0.3) is 0 Å². The lowest BCUT2D eigenvalue weighted by Crippen LogP contribution is -2.52. The minimum Gasteiger partial charge on any atom is -0.396 e. The summed E-state index contributed by atoms with van der Waals surface area (Å²) in [6, 6.07) is 0.268. The molecule has 4 nitrogen and oxygen atoms in total. The lowest BCUT2D eigenvalue weighted by molar-refractivity contribution is -0.135. The summed E-state index contributed by atoms with van der Waals surface area (Å²) in [5.41, 5.74) is 1.25. The fraction of sp³-hybridized carbons (Fsp3) is 0.769. The Morgan fingerprint density at radius 3 is 2.94 bits per heavy atom. The van der Waals surface area contributed by atoms with Crippen LogP contribution in [0.5, 0.6) is 0 Å². The van der Waals surface area contributed by atoms with Gasteiger partial charge in [0.1, 0.15) is 5.01 Å². The van der Waals surface area contributed by atoms with Crippen molar-refractivity contribution in [1.82, 2.24) is 10.3 Å². The molecule has 1 aliphatic heterocycles. The van der Waals surface area contributed by atoms with E-state index in [-0.39, 0.29) is 18.1 Å². The predicted molar refractivity (Wildman–Crippen MR) is 70.9 cm³/mol. The average molecular weight is 268 g/mol. The van der Waals surface area contributed by atoms with Crippen LogP contribution in [0.4, 0.5) is 0 Å². The first kappa shape index (κ1) is 12.5. The molecule has 0 spiro atoms. The van der Waals surface area contributed by atoms with E-state index in [1.54, 1.807) is 0 Å². The van der Waals surface area contributed by atoms with Crippen molar-refractivity contribution in [3.05, 3.63) is 15.6 Å². The van der Waals surface area contributed by atoms with Crippen molar-refractivity contribution in [2.45, 2.75) is 32.2 Å². The molecule has 1 fully saturated rings. The maximum Gasteiger partial charge on any atom is 0.110 e. The summed E-state index contributed by atoms with van der Waals surface area (Å²) in [7, 11) is 0. The van der Waals surface area contributed by atoms with Crippen LogP contribution in [0, 0.1) is 5.41 Å². The molecular weight excluding hydrogens is 248 g/mol. The van der Waals surface area contributed by atoms with Gasteiger partial charge in [-0.25, -0.2) is 4.98 Å². The van der Waals surface area contributed by atoms with Crippen molar-refractivity contribution >= 4 is 11.3 Å². The molecule has 0 bridgehead atoms. The summed E-state index contributed by atoms with van der Waals surface area (Å²) >= 11 is 1.85. The largest absolute Gasteiger partial charge is 0.396 e. The summed E-state index contributed by atoms with van der Waals surface area (Å²) in [4.78, 5) is 6.20. The molecular formula is C13H20N2O2S. The Labute approximate surface area is 111 Å². The van der Waals surface area contributed by atoms with Crippen molar-refractivity contribution in [3.8, 4) is 0 Å². The topological polar surface area (TPSA) is 54.4 Å². The van der Waals surface area contributed by atoms with E-state index in [1.807, 2.05) is 11.3 Å². The fourth-order valence-electron chi connectivity index (χ4n) is 2.49. The Morgan fingerprint density at radius 1 is 1.50 bits per heavy atom. The van der Waals surface area contributed by atoms with Crippen molar-refractivity contribution in [2.75, 3.05) is 26.4 Å². The molecule has 0 amide bonds. The number of aliphatic hydroxyl groups is 1. The maximum absolute atomic E-state index is 9.38. The first-order chi connectivity index (χ1) is 8.72. The van der Waals surface area contributed by atoms with Crippen LogP contribution in [0.3, 0.4) is 0 Å². The molecule has 18 heavy (non-hydrogen) atoms. The second kappa shape index (κ2) is 4.89. The van der Waals surface area contributed by atoms with E-state index in [4.69, 9.17) is 9.72 Å². The van der Waals surface area contributed by atoms with Gasteiger partial charge in [0, 0.05) is 11.4 Å². The Bertz CT molecular complexity index is 402. The minimum absolute atomic E-state index is 0.0613. The number of fused-ring (bicyclic) bond motifs is 1. The van der Waals surface area contributed by atoms with Gasteiger partial charge in [0.2, 0.25) is 0 Å². The zero-order valence-corrected chi connectivity index (χ0v) is 11.6. The van der Waals surface area contributed by atoms with Gasteiger partial charge in [-0.1, -0.05) is 0 Å². The van der Waals surface area contributed by atoms with E-state index >= 15 is 0 Å². The lowest BCUT2D eigenvalue weighted by Gasteiger charge is -2.40. The first-order valence-electron chi connectivity index (χ1n) is 6.63. The van der Waals surface area contributed by atoms with Gasteiger partial charge in [-0.15, -0.1) is 11.3 Å². The molecule has 5 heteroatoms. The van der Waals surface area contributed by atoms with E-state index < -0.39 is 0 Å². The standard InChI is InChI=1S/C13H20N2O2S/c1-9(14-5-13(6-16)7-17-8-13)12-15-10-3-2-4-11(10)18-12/h9,14,16H,2-8H2,1H3. The van der Waals surface area contributed by atoms with Gasteiger partial charge < -0.3 is 15.2 Å². The first-order valence-corrected chi connectivity index (χ1v) is 7.45. The number of hydrogen-bond donors (Lipinski definition) is 2. The molecule has 1 saturated heterocycles. The molecule has 100 valence electrons. The number of thiazole rings is 1. The third-order valence-electron chi connectivity index (χ3n) is 3.92. The fourth-order valence-corrected chi connectivity index (χ4v) is 3.67. The van der Waals surface area contributed by atoms with Gasteiger partial charge in [-0.05, 0) is 26.2 Å². The van der Waals surface area contributed by atoms with Gasteiger partial charge >= 0.3 is 0 Å². The highest BCUT2D eigenvalue weighted by molar-refractivity contribution is 7.11. The van der Waals surface area contributed by atoms with Crippen LogP contribution in [-0.2, 0) is 17.6 Å². The highest BCUT2D eigenvalue weighted by atomic mass is 32.1. The Kier molecular flexibility index (Phi) is 3.40. The van der Waals surface area contributed by atoms with Crippen LogP contribution in [0.2, 0.25) is 0 Å². The van der Waals surface area contributed by atoms with Crippen LogP contribution in [0.1, 0.15) is 35.0 Å². The number of nitrogens with one attached hydrogen (secondary N) is 1. The van der Waals surface area contributed by atoms with E-state index in [9.17, 15) is 5.11 Å². The Morgan fingerprint density at radius 2 is 2.33 bits per heavy atom. The number of nitrogens with zero attached hydrogens (tertiary/aromatic N) is 1. The van der Waals surface area contributed by atoms with E-state index in [0.717, 1.165) is 13.0 Å². The lowest BCUT2D eigenvalue weighted by atomic mass is 9.87. The number of ether oxygens (including phenoxy) is 1. The molecule has 0 radical (unpaired) electrons. The smallest absolute Gasteiger partial charge is 0.110 e.